The first-order valence-electron chi connectivity index (χ1n) is 6.05. The second-order valence-corrected chi connectivity index (χ2v) is 4.08. The monoisotopic (exact) mass is 268 g/mol. The smallest absolute Gasteiger partial charge is 0.275 e. The summed E-state index contributed by atoms with van der Waals surface area (Å²) in [6.45, 7) is 2.50. The highest BCUT2D eigenvalue weighted by atomic mass is 16.6. The molecule has 0 saturated heterocycles. The normalized spacial score (nSPS) is 9.80. The Kier molecular flexibility index (Phi) is 3.91. The molecule has 0 spiro atoms. The third kappa shape index (κ3) is 2.90. The first-order valence-corrected chi connectivity index (χ1v) is 6.05. The number of hydrogen-bond acceptors (Lipinski definition) is 5. The molecule has 0 aliphatic heterocycles. The van der Waals surface area contributed by atoms with Gasteiger partial charge in [0.25, 0.3) is 5.69 Å². The van der Waals surface area contributed by atoms with Gasteiger partial charge in [0.05, 0.1) is 28.3 Å². The van der Waals surface area contributed by atoms with Crippen LogP contribution < -0.4 is 5.32 Å². The zero-order valence-electron chi connectivity index (χ0n) is 10.8. The predicted octanol–water partition coefficient (Wildman–Crippen LogP) is 2.96. The number of pyridine rings is 1. The fourth-order valence-corrected chi connectivity index (χ4v) is 1.79. The van der Waals surface area contributed by atoms with E-state index in [0.29, 0.717) is 29.2 Å². The lowest BCUT2D eigenvalue weighted by molar-refractivity contribution is -0.384. The van der Waals surface area contributed by atoms with Crippen LogP contribution in [0.3, 0.4) is 0 Å². The third-order valence-corrected chi connectivity index (χ3v) is 2.67. The Hall–Kier alpha value is -2.94. The second kappa shape index (κ2) is 5.80. The van der Waals surface area contributed by atoms with Gasteiger partial charge in [0.2, 0.25) is 0 Å². The van der Waals surface area contributed by atoms with Gasteiger partial charge in [-0.05, 0) is 19.1 Å². The van der Waals surface area contributed by atoms with Crippen molar-refractivity contribution in [3.8, 4) is 17.3 Å². The maximum Gasteiger partial charge on any atom is 0.275 e. The van der Waals surface area contributed by atoms with Crippen molar-refractivity contribution in [2.24, 2.45) is 0 Å². The molecule has 1 aromatic heterocycles. The number of anilines is 1. The largest absolute Gasteiger partial charge is 0.370 e. The molecule has 1 aromatic carbocycles. The number of hydrogen-bond donors (Lipinski definition) is 1. The summed E-state index contributed by atoms with van der Waals surface area (Å²) in [6.07, 6.45) is 0. The molecule has 0 aliphatic rings. The summed E-state index contributed by atoms with van der Waals surface area (Å²) in [5, 5.41) is 22.8. The highest BCUT2D eigenvalue weighted by Crippen LogP contribution is 2.25. The average Bonchev–Trinajstić information content (AvgIpc) is 2.47. The van der Waals surface area contributed by atoms with Crippen LogP contribution in [0, 0.1) is 21.4 Å². The fourth-order valence-electron chi connectivity index (χ4n) is 1.79. The Morgan fingerprint density at radius 1 is 1.40 bits per heavy atom. The average molecular weight is 268 g/mol. The Bertz CT molecular complexity index is 692. The van der Waals surface area contributed by atoms with Gasteiger partial charge in [0.1, 0.15) is 5.82 Å². The van der Waals surface area contributed by atoms with Crippen molar-refractivity contribution in [1.82, 2.24) is 4.98 Å². The highest BCUT2D eigenvalue weighted by molar-refractivity contribution is 5.66. The second-order valence-electron chi connectivity index (χ2n) is 4.08. The van der Waals surface area contributed by atoms with Gasteiger partial charge in [0.15, 0.2) is 0 Å². The van der Waals surface area contributed by atoms with E-state index in [9.17, 15) is 10.1 Å². The lowest BCUT2D eigenvalue weighted by Crippen LogP contribution is -2.01. The number of nitriles is 1. The van der Waals surface area contributed by atoms with Crippen LogP contribution in [0.2, 0.25) is 0 Å². The quantitative estimate of drug-likeness (QED) is 0.679. The summed E-state index contributed by atoms with van der Waals surface area (Å²) in [7, 11) is 0. The maximum atomic E-state index is 11.0. The van der Waals surface area contributed by atoms with Gasteiger partial charge in [-0.2, -0.15) is 5.26 Å². The number of nitro groups is 1. The van der Waals surface area contributed by atoms with Crippen LogP contribution >= 0.6 is 0 Å². The van der Waals surface area contributed by atoms with E-state index in [1.165, 1.54) is 12.1 Å². The van der Waals surface area contributed by atoms with Gasteiger partial charge in [-0.1, -0.05) is 12.1 Å². The SMILES string of the molecule is CCNc1cc([N+](=O)[O-])cc(-c2cccc(C#N)c2)n1. The van der Waals surface area contributed by atoms with Gasteiger partial charge >= 0.3 is 0 Å². The van der Waals surface area contributed by atoms with E-state index in [1.807, 2.05) is 13.0 Å². The Morgan fingerprint density at radius 2 is 2.20 bits per heavy atom. The molecular formula is C14H12N4O2. The molecule has 0 aliphatic carbocycles. The number of aromatic nitrogens is 1. The topological polar surface area (TPSA) is 91.9 Å². The molecule has 1 N–H and O–H groups in total. The van der Waals surface area contributed by atoms with E-state index in [-0.39, 0.29) is 5.69 Å². The number of benzene rings is 1. The Labute approximate surface area is 115 Å². The first kappa shape index (κ1) is 13.5. The summed E-state index contributed by atoms with van der Waals surface area (Å²) >= 11 is 0. The molecule has 6 nitrogen and oxygen atoms in total. The van der Waals surface area contributed by atoms with E-state index < -0.39 is 4.92 Å². The van der Waals surface area contributed by atoms with Gasteiger partial charge in [-0.15, -0.1) is 0 Å². The minimum atomic E-state index is -0.458. The lowest BCUT2D eigenvalue weighted by Gasteiger charge is -2.06. The molecule has 0 unspecified atom stereocenters. The van der Waals surface area contributed by atoms with Crippen molar-refractivity contribution in [2.75, 3.05) is 11.9 Å². The van der Waals surface area contributed by atoms with Gasteiger partial charge in [-0.25, -0.2) is 4.98 Å². The molecular weight excluding hydrogens is 256 g/mol. The Balaban J connectivity index is 2.54. The van der Waals surface area contributed by atoms with E-state index in [0.717, 1.165) is 0 Å². The summed E-state index contributed by atoms with van der Waals surface area (Å²) in [5.74, 6) is 0.444. The zero-order valence-corrected chi connectivity index (χ0v) is 10.8. The molecule has 0 bridgehead atoms. The molecule has 0 atom stereocenters. The zero-order chi connectivity index (χ0) is 14.5. The van der Waals surface area contributed by atoms with E-state index in [1.54, 1.807) is 24.3 Å². The molecule has 100 valence electrons. The summed E-state index contributed by atoms with van der Waals surface area (Å²) in [4.78, 5) is 14.8. The van der Waals surface area contributed by atoms with Crippen LogP contribution in [0.25, 0.3) is 11.3 Å². The summed E-state index contributed by atoms with van der Waals surface area (Å²) in [6, 6.07) is 11.6. The standard InChI is InChI=1S/C14H12N4O2/c1-2-16-14-8-12(18(19)20)7-13(17-14)11-5-3-4-10(6-11)9-15/h3-8H,2H2,1H3,(H,16,17). The lowest BCUT2D eigenvalue weighted by atomic mass is 10.1. The molecule has 1 heterocycles. The van der Waals surface area contributed by atoms with Gasteiger partial charge in [-0.3, -0.25) is 10.1 Å². The van der Waals surface area contributed by atoms with Crippen LogP contribution in [0.15, 0.2) is 36.4 Å². The highest BCUT2D eigenvalue weighted by Gasteiger charge is 2.12. The molecule has 2 aromatic rings. The Morgan fingerprint density at radius 3 is 2.85 bits per heavy atom. The number of rotatable bonds is 4. The van der Waals surface area contributed by atoms with Crippen LogP contribution in [0.5, 0.6) is 0 Å². The predicted molar refractivity (Wildman–Crippen MR) is 75.2 cm³/mol. The van der Waals surface area contributed by atoms with Crippen molar-refractivity contribution in [3.05, 3.63) is 52.1 Å². The molecule has 0 amide bonds. The molecule has 0 saturated carbocycles. The first-order chi connectivity index (χ1) is 9.63. The third-order valence-electron chi connectivity index (χ3n) is 2.67. The van der Waals surface area contributed by atoms with Gasteiger partial charge < -0.3 is 5.32 Å². The maximum absolute atomic E-state index is 11.0. The summed E-state index contributed by atoms with van der Waals surface area (Å²) in [5.41, 5.74) is 1.59. The molecule has 0 fully saturated rings. The van der Waals surface area contributed by atoms with Crippen molar-refractivity contribution >= 4 is 11.5 Å². The van der Waals surface area contributed by atoms with Crippen molar-refractivity contribution in [2.45, 2.75) is 6.92 Å². The van der Waals surface area contributed by atoms with Crippen LogP contribution in [-0.4, -0.2) is 16.5 Å². The fraction of sp³-hybridized carbons (Fsp3) is 0.143. The van der Waals surface area contributed by atoms with Crippen LogP contribution in [0.4, 0.5) is 11.5 Å². The molecule has 6 heteroatoms. The number of nitrogens with one attached hydrogen (secondary N) is 1. The van der Waals surface area contributed by atoms with E-state index in [2.05, 4.69) is 10.3 Å². The van der Waals surface area contributed by atoms with Gasteiger partial charge in [0, 0.05) is 18.2 Å². The minimum Gasteiger partial charge on any atom is -0.370 e. The molecule has 2 rings (SSSR count). The molecule has 0 radical (unpaired) electrons. The van der Waals surface area contributed by atoms with Crippen molar-refractivity contribution in [3.63, 3.8) is 0 Å². The summed E-state index contributed by atoms with van der Waals surface area (Å²) < 4.78 is 0. The van der Waals surface area contributed by atoms with E-state index in [4.69, 9.17) is 5.26 Å². The van der Waals surface area contributed by atoms with Crippen LogP contribution in [0.1, 0.15) is 12.5 Å². The molecule has 20 heavy (non-hydrogen) atoms. The minimum absolute atomic E-state index is 0.0340. The van der Waals surface area contributed by atoms with Crippen molar-refractivity contribution < 1.29 is 4.92 Å². The number of nitrogens with zero attached hydrogens (tertiary/aromatic N) is 3. The van der Waals surface area contributed by atoms with Crippen LogP contribution in [-0.2, 0) is 0 Å². The van der Waals surface area contributed by atoms with E-state index >= 15 is 0 Å². The van der Waals surface area contributed by atoms with Crippen molar-refractivity contribution in [1.29, 1.82) is 5.26 Å².